The normalized spacial score (nSPS) is 12.3. The molecule has 1 amide bonds. The topological polar surface area (TPSA) is 55.6 Å². The Labute approximate surface area is 142 Å². The van der Waals surface area contributed by atoms with Gasteiger partial charge in [-0.25, -0.2) is 4.39 Å². The van der Waals surface area contributed by atoms with Gasteiger partial charge in [0.15, 0.2) is 6.10 Å². The summed E-state index contributed by atoms with van der Waals surface area (Å²) in [6.07, 6.45) is -0.716. The number of nitrogens with zero attached hydrogens (tertiary/aromatic N) is 1. The number of halogens is 3. The summed E-state index contributed by atoms with van der Waals surface area (Å²) in [7, 11) is 1.70. The summed E-state index contributed by atoms with van der Waals surface area (Å²) >= 11 is 5.88. The highest BCUT2D eigenvalue weighted by Crippen LogP contribution is 2.26. The van der Waals surface area contributed by atoms with Gasteiger partial charge in [-0.15, -0.1) is 12.4 Å². The van der Waals surface area contributed by atoms with Crippen LogP contribution in [0, 0.1) is 11.2 Å². The summed E-state index contributed by atoms with van der Waals surface area (Å²) in [5, 5.41) is 0.139. The summed E-state index contributed by atoms with van der Waals surface area (Å²) in [5.74, 6) is -0.351. The first-order valence-corrected chi connectivity index (χ1v) is 7.11. The fourth-order valence-corrected chi connectivity index (χ4v) is 2.12. The molecule has 0 aliphatic heterocycles. The summed E-state index contributed by atoms with van der Waals surface area (Å²) in [4.78, 5) is 13.8. The van der Waals surface area contributed by atoms with E-state index < -0.39 is 11.9 Å². The quantitative estimate of drug-likeness (QED) is 0.855. The fraction of sp³-hybridized carbons (Fsp3) is 0.533. The van der Waals surface area contributed by atoms with Gasteiger partial charge in [0.05, 0.1) is 5.02 Å². The van der Waals surface area contributed by atoms with Crippen LogP contribution in [0.3, 0.4) is 0 Å². The Morgan fingerprint density at radius 3 is 2.59 bits per heavy atom. The first-order valence-electron chi connectivity index (χ1n) is 6.73. The van der Waals surface area contributed by atoms with Crippen molar-refractivity contribution in [2.24, 2.45) is 11.1 Å². The second kappa shape index (κ2) is 8.56. The molecule has 22 heavy (non-hydrogen) atoms. The minimum atomic E-state index is -0.716. The van der Waals surface area contributed by atoms with Crippen molar-refractivity contribution in [1.29, 1.82) is 0 Å². The summed E-state index contributed by atoms with van der Waals surface area (Å²) in [6, 6.07) is 3.79. The SMILES string of the molecule is CC(Oc1ccc(F)cc1Cl)C(=O)N(C)CC(C)(C)CN.Cl. The van der Waals surface area contributed by atoms with E-state index in [-0.39, 0.29) is 34.5 Å². The van der Waals surface area contributed by atoms with Crippen molar-refractivity contribution >= 4 is 29.9 Å². The van der Waals surface area contributed by atoms with Crippen molar-refractivity contribution in [3.05, 3.63) is 29.0 Å². The van der Waals surface area contributed by atoms with Crippen LogP contribution in [0.2, 0.25) is 5.02 Å². The van der Waals surface area contributed by atoms with E-state index in [1.807, 2.05) is 13.8 Å². The zero-order valence-electron chi connectivity index (χ0n) is 13.2. The van der Waals surface area contributed by atoms with Crippen molar-refractivity contribution in [1.82, 2.24) is 4.90 Å². The Morgan fingerprint density at radius 1 is 1.50 bits per heavy atom. The summed E-state index contributed by atoms with van der Waals surface area (Å²) < 4.78 is 18.5. The molecule has 4 nitrogen and oxygen atoms in total. The highest BCUT2D eigenvalue weighted by molar-refractivity contribution is 6.32. The molecule has 0 radical (unpaired) electrons. The molecule has 7 heteroatoms. The Balaban J connectivity index is 0.00000441. The molecule has 0 fully saturated rings. The summed E-state index contributed by atoms with van der Waals surface area (Å²) in [6.45, 7) is 6.60. The predicted molar refractivity (Wildman–Crippen MR) is 89.2 cm³/mol. The van der Waals surface area contributed by atoms with Crippen LogP contribution in [0.1, 0.15) is 20.8 Å². The number of likely N-dealkylation sites (N-methyl/N-ethyl adjacent to an activating group) is 1. The van der Waals surface area contributed by atoms with Crippen LogP contribution in [-0.4, -0.2) is 37.0 Å². The molecule has 0 aliphatic rings. The van der Waals surface area contributed by atoms with Gasteiger partial charge in [-0.3, -0.25) is 4.79 Å². The first kappa shape index (κ1) is 21.0. The lowest BCUT2D eigenvalue weighted by Gasteiger charge is -2.30. The molecule has 1 aromatic rings. The first-order chi connectivity index (χ1) is 9.66. The number of hydrogen-bond donors (Lipinski definition) is 1. The van der Waals surface area contributed by atoms with E-state index in [9.17, 15) is 9.18 Å². The molecule has 0 saturated carbocycles. The molecule has 0 bridgehead atoms. The van der Waals surface area contributed by atoms with Crippen molar-refractivity contribution in [2.45, 2.75) is 26.9 Å². The molecule has 0 aliphatic carbocycles. The monoisotopic (exact) mass is 352 g/mol. The van der Waals surface area contributed by atoms with Gasteiger partial charge in [-0.2, -0.15) is 0 Å². The molecule has 2 N–H and O–H groups in total. The second-order valence-electron chi connectivity index (χ2n) is 5.90. The van der Waals surface area contributed by atoms with Gasteiger partial charge in [0.1, 0.15) is 11.6 Å². The molecule has 0 saturated heterocycles. The highest BCUT2D eigenvalue weighted by atomic mass is 35.5. The van der Waals surface area contributed by atoms with Gasteiger partial charge in [-0.1, -0.05) is 25.4 Å². The third-order valence-electron chi connectivity index (χ3n) is 3.14. The third kappa shape index (κ3) is 5.99. The predicted octanol–water partition coefficient (Wildman–Crippen LogP) is 3.11. The van der Waals surface area contributed by atoms with Crippen LogP contribution in [0.5, 0.6) is 5.75 Å². The van der Waals surface area contributed by atoms with Crippen LogP contribution in [0.4, 0.5) is 4.39 Å². The number of hydrogen-bond acceptors (Lipinski definition) is 3. The number of carbonyl (C=O) groups is 1. The second-order valence-corrected chi connectivity index (χ2v) is 6.30. The van der Waals surface area contributed by atoms with Crippen LogP contribution in [0.15, 0.2) is 18.2 Å². The van der Waals surface area contributed by atoms with Crippen LogP contribution in [-0.2, 0) is 4.79 Å². The lowest BCUT2D eigenvalue weighted by atomic mass is 9.93. The maximum atomic E-state index is 13.0. The molecule has 0 aromatic heterocycles. The third-order valence-corrected chi connectivity index (χ3v) is 3.43. The molecule has 0 spiro atoms. The standard InChI is InChI=1S/C15H22ClFN2O2.ClH/c1-10(14(20)19(4)9-15(2,3)8-18)21-13-6-5-11(17)7-12(13)16;/h5-7,10H,8-9,18H2,1-4H3;1H. The molecule has 0 heterocycles. The molecule has 126 valence electrons. The van der Waals surface area contributed by atoms with Crippen LogP contribution >= 0.6 is 24.0 Å². The molecule has 1 rings (SSSR count). The smallest absolute Gasteiger partial charge is 0.263 e. The van der Waals surface area contributed by atoms with Gasteiger partial charge in [0.25, 0.3) is 5.91 Å². The molecular weight excluding hydrogens is 330 g/mol. The van der Waals surface area contributed by atoms with Gasteiger partial charge in [0, 0.05) is 13.6 Å². The number of benzene rings is 1. The highest BCUT2D eigenvalue weighted by Gasteiger charge is 2.25. The fourth-order valence-electron chi connectivity index (χ4n) is 1.91. The lowest BCUT2D eigenvalue weighted by Crippen LogP contribution is -2.44. The van der Waals surface area contributed by atoms with Crippen LogP contribution in [0.25, 0.3) is 0 Å². The number of carbonyl (C=O) groups excluding carboxylic acids is 1. The number of ether oxygens (including phenoxy) is 1. The van der Waals surface area contributed by atoms with E-state index in [1.165, 1.54) is 12.1 Å². The van der Waals surface area contributed by atoms with E-state index in [0.717, 1.165) is 6.07 Å². The number of rotatable bonds is 6. The zero-order valence-corrected chi connectivity index (χ0v) is 14.8. The minimum Gasteiger partial charge on any atom is -0.479 e. The molecular formula is C15H23Cl2FN2O2. The average molecular weight is 353 g/mol. The van der Waals surface area contributed by atoms with Crippen molar-refractivity contribution in [2.75, 3.05) is 20.1 Å². The van der Waals surface area contributed by atoms with Gasteiger partial charge < -0.3 is 15.4 Å². The van der Waals surface area contributed by atoms with Gasteiger partial charge >= 0.3 is 0 Å². The lowest BCUT2D eigenvalue weighted by molar-refractivity contribution is -0.137. The Morgan fingerprint density at radius 2 is 2.09 bits per heavy atom. The Kier molecular flexibility index (Phi) is 8.15. The van der Waals surface area contributed by atoms with Crippen molar-refractivity contribution in [3.63, 3.8) is 0 Å². The molecule has 1 atom stereocenters. The van der Waals surface area contributed by atoms with E-state index >= 15 is 0 Å². The van der Waals surface area contributed by atoms with Crippen LogP contribution < -0.4 is 10.5 Å². The average Bonchev–Trinajstić information content (AvgIpc) is 2.40. The Bertz CT molecular complexity index is 512. The maximum absolute atomic E-state index is 13.0. The zero-order chi connectivity index (χ0) is 16.2. The van der Waals surface area contributed by atoms with Crippen molar-refractivity contribution < 1.29 is 13.9 Å². The van der Waals surface area contributed by atoms with Gasteiger partial charge in [0.2, 0.25) is 0 Å². The number of nitrogens with two attached hydrogens (primary N) is 1. The van der Waals surface area contributed by atoms with E-state index in [1.54, 1.807) is 18.9 Å². The number of amides is 1. The molecule has 1 aromatic carbocycles. The van der Waals surface area contributed by atoms with Gasteiger partial charge in [-0.05, 0) is 37.1 Å². The minimum absolute atomic E-state index is 0. The van der Waals surface area contributed by atoms with E-state index in [4.69, 9.17) is 22.1 Å². The Hall–Kier alpha value is -1.04. The van der Waals surface area contributed by atoms with E-state index in [2.05, 4.69) is 0 Å². The van der Waals surface area contributed by atoms with E-state index in [0.29, 0.717) is 13.1 Å². The molecule has 1 unspecified atom stereocenters. The summed E-state index contributed by atoms with van der Waals surface area (Å²) in [5.41, 5.74) is 5.50. The van der Waals surface area contributed by atoms with Crippen molar-refractivity contribution in [3.8, 4) is 5.75 Å². The maximum Gasteiger partial charge on any atom is 0.263 e. The largest absolute Gasteiger partial charge is 0.479 e.